The van der Waals surface area contributed by atoms with E-state index in [1.54, 1.807) is 0 Å². The Balaban J connectivity index is 2.45. The molecule has 0 nitrogen and oxygen atoms in total. The number of halogens is 2. The SMILES string of the molecule is I[Si]C[Si]C[Si]I. The van der Waals surface area contributed by atoms with E-state index in [1.807, 2.05) is 0 Å². The molecule has 0 N–H and O–H groups in total. The molecule has 38 valence electrons. The summed E-state index contributed by atoms with van der Waals surface area (Å²) >= 11 is 4.92. The highest BCUT2D eigenvalue weighted by molar-refractivity contribution is 14.1. The first-order chi connectivity index (χ1) is 3.41. The minimum atomic E-state index is 1.15. The largest absolute Gasteiger partial charge is 0.127 e. The Bertz CT molecular complexity index is 30.1. The lowest BCUT2D eigenvalue weighted by molar-refractivity contribution is 1.91. The van der Waals surface area contributed by atoms with E-state index < -0.39 is 0 Å². The van der Waals surface area contributed by atoms with Crippen molar-refractivity contribution in [2.24, 2.45) is 0 Å². The van der Waals surface area contributed by atoms with Crippen LogP contribution in [-0.4, -0.2) is 23.6 Å². The van der Waals surface area contributed by atoms with Crippen molar-refractivity contribution in [2.45, 2.75) is 11.3 Å². The fourth-order valence-electron chi connectivity index (χ4n) is 0.157. The van der Waals surface area contributed by atoms with E-state index >= 15 is 0 Å². The topological polar surface area (TPSA) is 0 Å². The molecule has 0 atom stereocenters. The second-order valence-electron chi connectivity index (χ2n) is 0.871. The molecule has 0 unspecified atom stereocenters. The zero-order valence-corrected chi connectivity index (χ0v) is 11.0. The summed E-state index contributed by atoms with van der Waals surface area (Å²) < 4.78 is 0. The van der Waals surface area contributed by atoms with E-state index in [9.17, 15) is 0 Å². The molecule has 0 aliphatic rings. The molecule has 0 aromatic heterocycles. The van der Waals surface area contributed by atoms with Crippen molar-refractivity contribution in [3.8, 4) is 0 Å². The van der Waals surface area contributed by atoms with Crippen LogP contribution in [-0.2, 0) is 0 Å². The van der Waals surface area contributed by atoms with Gasteiger partial charge in [-0.15, -0.1) is 43.6 Å². The molecular weight excluding hydrogens is 362 g/mol. The Hall–Kier alpha value is 2.11. The Morgan fingerprint density at radius 3 is 1.71 bits per heavy atom. The van der Waals surface area contributed by atoms with Crippen LogP contribution in [0.2, 0.25) is 11.3 Å². The molecule has 0 amide bonds. The van der Waals surface area contributed by atoms with E-state index in [2.05, 4.69) is 43.6 Å². The Kier molecular flexibility index (Phi) is 10.6. The lowest BCUT2D eigenvalue weighted by Gasteiger charge is -1.84. The summed E-state index contributed by atoms with van der Waals surface area (Å²) in [4.78, 5) is 0. The molecule has 0 rings (SSSR count). The smallest absolute Gasteiger partial charge is 0.124 e. The normalized spacial score (nSPS) is 9.43. The van der Waals surface area contributed by atoms with E-state index in [1.165, 1.54) is 20.9 Å². The zero-order valence-electron chi connectivity index (χ0n) is 3.67. The molecule has 0 heterocycles. The van der Waals surface area contributed by atoms with Crippen molar-refractivity contribution in [1.29, 1.82) is 0 Å². The predicted molar refractivity (Wildman–Crippen MR) is 54.9 cm³/mol. The monoisotopic (exact) mass is 366 g/mol. The molecule has 7 heavy (non-hydrogen) atoms. The summed E-state index contributed by atoms with van der Waals surface area (Å²) in [6.07, 6.45) is 0. The standard InChI is InChI=1S/C2H4I2Si3/c3-6-1-5-2-7-4/h1-2H2. The first-order valence-corrected chi connectivity index (χ1v) is 11.8. The minimum Gasteiger partial charge on any atom is -0.124 e. The second-order valence-corrected chi connectivity index (χ2v) is 9.31. The molecule has 0 spiro atoms. The molecule has 6 radical (unpaired) electrons. The molecule has 0 aromatic rings. The van der Waals surface area contributed by atoms with Crippen LogP contribution in [0.15, 0.2) is 0 Å². The Labute approximate surface area is 77.5 Å². The van der Waals surface area contributed by atoms with E-state index in [-0.39, 0.29) is 0 Å². The lowest BCUT2D eigenvalue weighted by atomic mass is 11.8. The molecule has 0 saturated heterocycles. The number of hydrogen-bond acceptors (Lipinski definition) is 0. The summed E-state index contributed by atoms with van der Waals surface area (Å²) in [7, 11) is 3.54. The lowest BCUT2D eigenvalue weighted by Crippen LogP contribution is -1.92. The first-order valence-electron chi connectivity index (χ1n) is 1.79. The highest BCUT2D eigenvalue weighted by atomic mass is 127. The van der Waals surface area contributed by atoms with Crippen LogP contribution in [0.3, 0.4) is 0 Å². The maximum Gasteiger partial charge on any atom is 0.127 e. The Morgan fingerprint density at radius 1 is 1.00 bits per heavy atom. The van der Waals surface area contributed by atoms with Crippen LogP contribution in [0.5, 0.6) is 0 Å². The Morgan fingerprint density at radius 2 is 1.43 bits per heavy atom. The third kappa shape index (κ3) is 8.11. The van der Waals surface area contributed by atoms with Gasteiger partial charge in [0.25, 0.3) is 0 Å². The van der Waals surface area contributed by atoms with Gasteiger partial charge in [-0.1, -0.05) is 11.3 Å². The highest BCUT2D eigenvalue weighted by Gasteiger charge is 1.86. The van der Waals surface area contributed by atoms with Gasteiger partial charge in [-0.05, 0) is 0 Å². The van der Waals surface area contributed by atoms with Crippen LogP contribution >= 0.6 is 43.6 Å². The van der Waals surface area contributed by atoms with E-state index in [0.29, 0.717) is 0 Å². The van der Waals surface area contributed by atoms with Gasteiger partial charge in [0, 0.05) is 9.52 Å². The third-order valence-electron chi connectivity index (χ3n) is 0.384. The average Bonchev–Trinajstić information content (AvgIpc) is 1.69. The predicted octanol–water partition coefficient (Wildman–Crippen LogP) is 1.55. The van der Waals surface area contributed by atoms with Crippen molar-refractivity contribution < 1.29 is 0 Å². The van der Waals surface area contributed by atoms with Gasteiger partial charge in [-0.2, -0.15) is 0 Å². The minimum absolute atomic E-state index is 1.15. The van der Waals surface area contributed by atoms with Crippen molar-refractivity contribution in [3.63, 3.8) is 0 Å². The van der Waals surface area contributed by atoms with Crippen molar-refractivity contribution in [1.82, 2.24) is 0 Å². The molecular formula is C2H4I2Si3. The fourth-order valence-corrected chi connectivity index (χ4v) is 7.39. The summed E-state index contributed by atoms with van der Waals surface area (Å²) in [6, 6.07) is 0. The van der Waals surface area contributed by atoms with Crippen LogP contribution in [0.1, 0.15) is 0 Å². The number of rotatable bonds is 4. The van der Waals surface area contributed by atoms with Gasteiger partial charge in [0.2, 0.25) is 0 Å². The molecule has 0 aliphatic heterocycles. The summed E-state index contributed by atoms with van der Waals surface area (Å²) in [6.45, 7) is 0. The van der Waals surface area contributed by atoms with Gasteiger partial charge < -0.3 is 0 Å². The molecule has 0 aliphatic carbocycles. The van der Waals surface area contributed by atoms with Crippen LogP contribution in [0.25, 0.3) is 0 Å². The summed E-state index contributed by atoms with van der Waals surface area (Å²) in [5.74, 6) is 0. The van der Waals surface area contributed by atoms with Gasteiger partial charge in [0.1, 0.15) is 14.0 Å². The molecule has 5 heteroatoms. The summed E-state index contributed by atoms with van der Waals surface area (Å²) in [5, 5.41) is 0. The number of hydrogen-bond donors (Lipinski definition) is 0. The van der Waals surface area contributed by atoms with Crippen LogP contribution < -0.4 is 0 Å². The zero-order chi connectivity index (χ0) is 5.54. The molecule has 0 bridgehead atoms. The van der Waals surface area contributed by atoms with Crippen molar-refractivity contribution >= 4 is 67.1 Å². The van der Waals surface area contributed by atoms with Crippen molar-refractivity contribution in [3.05, 3.63) is 0 Å². The van der Waals surface area contributed by atoms with Gasteiger partial charge in [0.05, 0.1) is 0 Å². The summed E-state index contributed by atoms with van der Waals surface area (Å²) in [5.41, 5.74) is 2.94. The average molecular weight is 366 g/mol. The third-order valence-corrected chi connectivity index (χ3v) is 10.3. The quantitative estimate of drug-likeness (QED) is 0.307. The van der Waals surface area contributed by atoms with Gasteiger partial charge in [-0.25, -0.2) is 0 Å². The van der Waals surface area contributed by atoms with Crippen LogP contribution in [0.4, 0.5) is 0 Å². The first kappa shape index (κ1) is 9.11. The van der Waals surface area contributed by atoms with Crippen molar-refractivity contribution in [2.75, 3.05) is 0 Å². The maximum absolute atomic E-state index is 2.46. The highest BCUT2D eigenvalue weighted by Crippen LogP contribution is 1.89. The van der Waals surface area contributed by atoms with Gasteiger partial charge >= 0.3 is 0 Å². The van der Waals surface area contributed by atoms with Gasteiger partial charge in [-0.3, -0.25) is 0 Å². The van der Waals surface area contributed by atoms with E-state index in [4.69, 9.17) is 0 Å². The molecule has 0 saturated carbocycles. The van der Waals surface area contributed by atoms with Crippen LogP contribution in [0, 0.1) is 0 Å². The van der Waals surface area contributed by atoms with E-state index in [0.717, 1.165) is 14.0 Å². The fraction of sp³-hybridized carbons (Fsp3) is 1.00. The molecule has 0 fully saturated rings. The second kappa shape index (κ2) is 8.11. The van der Waals surface area contributed by atoms with Gasteiger partial charge in [0.15, 0.2) is 0 Å². The maximum atomic E-state index is 2.46. The molecule has 0 aromatic carbocycles.